The zero-order valence-corrected chi connectivity index (χ0v) is 13.0. The molecule has 0 bridgehead atoms. The summed E-state index contributed by atoms with van der Waals surface area (Å²) in [4.78, 5) is 0. The Morgan fingerprint density at radius 1 is 1.10 bits per heavy atom. The number of hydrogen-bond donors (Lipinski definition) is 1. The lowest BCUT2D eigenvalue weighted by atomic mass is 10.1. The van der Waals surface area contributed by atoms with Crippen LogP contribution in [0.3, 0.4) is 0 Å². The summed E-state index contributed by atoms with van der Waals surface area (Å²) in [7, 11) is 0. The van der Waals surface area contributed by atoms with Crippen LogP contribution >= 0.6 is 34.8 Å². The average molecular weight is 332 g/mol. The molecule has 0 aromatic heterocycles. The Kier molecular flexibility index (Phi) is 5.17. The number of hydrogen-bond acceptors (Lipinski definition) is 2. The molecule has 0 fully saturated rings. The van der Waals surface area contributed by atoms with Crippen molar-refractivity contribution in [1.29, 1.82) is 0 Å². The molecule has 0 saturated carbocycles. The number of aliphatic hydroxyl groups is 1. The molecule has 1 atom stereocenters. The highest BCUT2D eigenvalue weighted by Gasteiger charge is 2.09. The monoisotopic (exact) mass is 330 g/mol. The van der Waals surface area contributed by atoms with E-state index in [-0.39, 0.29) is 6.61 Å². The largest absolute Gasteiger partial charge is 0.487 e. The predicted molar refractivity (Wildman–Crippen MR) is 82.9 cm³/mol. The molecule has 1 N–H and O–H groups in total. The highest BCUT2D eigenvalue weighted by atomic mass is 35.5. The summed E-state index contributed by atoms with van der Waals surface area (Å²) in [5.74, 6) is 0.534. The van der Waals surface area contributed by atoms with Gasteiger partial charge in [-0.1, -0.05) is 53.0 Å². The molecule has 2 aromatic rings. The second kappa shape index (κ2) is 6.68. The van der Waals surface area contributed by atoms with Crippen molar-refractivity contribution in [3.63, 3.8) is 0 Å². The van der Waals surface area contributed by atoms with Crippen molar-refractivity contribution in [3.05, 3.63) is 62.6 Å². The maximum absolute atomic E-state index is 9.48. The first kappa shape index (κ1) is 15.5. The molecule has 5 heteroatoms. The third-order valence-electron chi connectivity index (χ3n) is 2.85. The topological polar surface area (TPSA) is 29.5 Å². The van der Waals surface area contributed by atoms with Gasteiger partial charge in [0.15, 0.2) is 0 Å². The van der Waals surface area contributed by atoms with Crippen molar-refractivity contribution >= 4 is 34.8 Å². The zero-order valence-electron chi connectivity index (χ0n) is 10.7. The first-order chi connectivity index (χ1) is 9.49. The fourth-order valence-corrected chi connectivity index (χ4v) is 2.33. The molecule has 0 aliphatic heterocycles. The lowest BCUT2D eigenvalue weighted by Gasteiger charge is -2.12. The quantitative estimate of drug-likeness (QED) is 0.826. The van der Waals surface area contributed by atoms with Gasteiger partial charge >= 0.3 is 0 Å². The minimum absolute atomic E-state index is 0.271. The minimum Gasteiger partial charge on any atom is -0.487 e. The van der Waals surface area contributed by atoms with Gasteiger partial charge in [-0.2, -0.15) is 0 Å². The van der Waals surface area contributed by atoms with E-state index in [1.54, 1.807) is 31.2 Å². The molecule has 0 aliphatic carbocycles. The van der Waals surface area contributed by atoms with Gasteiger partial charge in [-0.15, -0.1) is 0 Å². The van der Waals surface area contributed by atoms with Crippen molar-refractivity contribution in [2.75, 3.05) is 0 Å². The van der Waals surface area contributed by atoms with Crippen LogP contribution in [0.4, 0.5) is 0 Å². The van der Waals surface area contributed by atoms with Crippen LogP contribution in [0.1, 0.15) is 24.2 Å². The van der Waals surface area contributed by atoms with Gasteiger partial charge in [-0.25, -0.2) is 0 Å². The molecular formula is C15H13Cl3O2. The van der Waals surface area contributed by atoms with E-state index in [2.05, 4.69) is 0 Å². The molecule has 0 spiro atoms. The number of rotatable bonds is 4. The summed E-state index contributed by atoms with van der Waals surface area (Å²) in [6, 6.07) is 10.5. The molecule has 2 rings (SSSR count). The maximum atomic E-state index is 9.48. The summed E-state index contributed by atoms with van der Waals surface area (Å²) >= 11 is 18.1. The van der Waals surface area contributed by atoms with E-state index in [0.717, 1.165) is 11.1 Å². The van der Waals surface area contributed by atoms with Gasteiger partial charge in [0.05, 0.1) is 21.2 Å². The predicted octanol–water partition coefficient (Wildman–Crippen LogP) is 5.28. The number of benzene rings is 2. The van der Waals surface area contributed by atoms with Gasteiger partial charge in [0.1, 0.15) is 12.4 Å². The van der Waals surface area contributed by atoms with Crippen LogP contribution in [0.25, 0.3) is 0 Å². The van der Waals surface area contributed by atoms with Crippen molar-refractivity contribution in [2.24, 2.45) is 0 Å². The van der Waals surface area contributed by atoms with Crippen LogP contribution in [0.2, 0.25) is 15.1 Å². The highest BCUT2D eigenvalue weighted by Crippen LogP contribution is 2.30. The summed E-state index contributed by atoms with van der Waals surface area (Å²) in [6.45, 7) is 1.95. The molecule has 106 valence electrons. The third kappa shape index (κ3) is 3.58. The lowest BCUT2D eigenvalue weighted by Crippen LogP contribution is -1.98. The van der Waals surface area contributed by atoms with E-state index in [9.17, 15) is 5.11 Å². The van der Waals surface area contributed by atoms with E-state index in [0.29, 0.717) is 20.8 Å². The first-order valence-corrected chi connectivity index (χ1v) is 7.15. The summed E-state index contributed by atoms with van der Waals surface area (Å²) in [6.07, 6.45) is -0.566. The molecule has 0 saturated heterocycles. The summed E-state index contributed by atoms with van der Waals surface area (Å²) in [5.41, 5.74) is 1.53. The van der Waals surface area contributed by atoms with Crippen LogP contribution in [0.15, 0.2) is 36.4 Å². The van der Waals surface area contributed by atoms with E-state index < -0.39 is 6.10 Å². The highest BCUT2D eigenvalue weighted by molar-refractivity contribution is 6.42. The van der Waals surface area contributed by atoms with Crippen molar-refractivity contribution in [2.45, 2.75) is 19.6 Å². The van der Waals surface area contributed by atoms with Crippen LogP contribution in [0, 0.1) is 0 Å². The van der Waals surface area contributed by atoms with E-state index >= 15 is 0 Å². The van der Waals surface area contributed by atoms with Gasteiger partial charge in [0, 0.05) is 5.56 Å². The van der Waals surface area contributed by atoms with Crippen LogP contribution < -0.4 is 4.74 Å². The van der Waals surface area contributed by atoms with Crippen LogP contribution in [-0.4, -0.2) is 5.11 Å². The lowest BCUT2D eigenvalue weighted by molar-refractivity contribution is 0.199. The Labute approximate surface area is 132 Å². The average Bonchev–Trinajstić information content (AvgIpc) is 2.41. The molecule has 20 heavy (non-hydrogen) atoms. The molecule has 2 aromatic carbocycles. The number of halogens is 3. The number of aliphatic hydroxyl groups excluding tert-OH is 1. The Bertz CT molecular complexity index is 612. The second-order valence-corrected chi connectivity index (χ2v) is 5.56. The standard InChI is InChI=1S/C15H13Cl3O2/c1-9(19)10-5-6-14(13(17)7-10)20-8-11-3-2-4-12(16)15(11)18/h2-7,9,19H,8H2,1H3/t9-/m0/s1. The minimum atomic E-state index is -0.566. The van der Waals surface area contributed by atoms with E-state index in [4.69, 9.17) is 39.5 Å². The second-order valence-electron chi connectivity index (χ2n) is 4.37. The molecule has 2 nitrogen and oxygen atoms in total. The van der Waals surface area contributed by atoms with Gasteiger partial charge in [0.2, 0.25) is 0 Å². The molecule has 0 heterocycles. The van der Waals surface area contributed by atoms with Gasteiger partial charge in [-0.3, -0.25) is 0 Å². The fourth-order valence-electron chi connectivity index (χ4n) is 1.71. The normalized spacial score (nSPS) is 12.2. The Morgan fingerprint density at radius 3 is 2.50 bits per heavy atom. The van der Waals surface area contributed by atoms with Crippen LogP contribution in [0.5, 0.6) is 5.75 Å². The van der Waals surface area contributed by atoms with Gasteiger partial charge in [0.25, 0.3) is 0 Å². The Balaban J connectivity index is 2.13. The summed E-state index contributed by atoms with van der Waals surface area (Å²) in [5, 5.41) is 10.9. The molecule has 0 radical (unpaired) electrons. The molecule has 0 amide bonds. The SMILES string of the molecule is C[C@H](O)c1ccc(OCc2cccc(Cl)c2Cl)c(Cl)c1. The van der Waals surface area contributed by atoms with Crippen molar-refractivity contribution in [1.82, 2.24) is 0 Å². The molecule has 0 aliphatic rings. The fraction of sp³-hybridized carbons (Fsp3) is 0.200. The maximum Gasteiger partial charge on any atom is 0.138 e. The van der Waals surface area contributed by atoms with Crippen LogP contribution in [-0.2, 0) is 6.61 Å². The summed E-state index contributed by atoms with van der Waals surface area (Å²) < 4.78 is 5.64. The smallest absolute Gasteiger partial charge is 0.138 e. The first-order valence-electron chi connectivity index (χ1n) is 6.02. The Hall–Kier alpha value is -0.930. The van der Waals surface area contributed by atoms with Gasteiger partial charge < -0.3 is 9.84 Å². The third-order valence-corrected chi connectivity index (χ3v) is 4.01. The zero-order chi connectivity index (χ0) is 14.7. The Morgan fingerprint density at radius 2 is 1.85 bits per heavy atom. The number of ether oxygens (including phenoxy) is 1. The van der Waals surface area contributed by atoms with Crippen molar-refractivity contribution in [3.8, 4) is 5.75 Å². The van der Waals surface area contributed by atoms with E-state index in [1.807, 2.05) is 12.1 Å². The molecule has 0 unspecified atom stereocenters. The van der Waals surface area contributed by atoms with Gasteiger partial charge in [-0.05, 0) is 30.7 Å². The van der Waals surface area contributed by atoms with E-state index in [1.165, 1.54) is 0 Å². The van der Waals surface area contributed by atoms with Crippen molar-refractivity contribution < 1.29 is 9.84 Å². The molecular weight excluding hydrogens is 319 g/mol.